The minimum atomic E-state index is -3.62. The van der Waals surface area contributed by atoms with E-state index in [4.69, 9.17) is 0 Å². The first-order valence-electron chi connectivity index (χ1n) is 2.97. The number of hydrogen-bond acceptors (Lipinski definition) is 8. The Morgan fingerprint density at radius 2 is 1.12 bits per heavy atom. The Hall–Kier alpha value is 0.0400. The number of rotatable bonds is 4. The van der Waals surface area contributed by atoms with Gasteiger partial charge in [0.1, 0.15) is 0 Å². The van der Waals surface area contributed by atoms with Crippen molar-refractivity contribution in [1.29, 1.82) is 0 Å². The number of hydrogen-bond donors (Lipinski definition) is 2. The molecule has 16 heavy (non-hydrogen) atoms. The molecule has 0 saturated heterocycles. The highest BCUT2D eigenvalue weighted by Gasteiger charge is 2.08. The molecule has 0 bridgehead atoms. The zero-order valence-electron chi connectivity index (χ0n) is 7.90. The molecule has 14 heteroatoms. The van der Waals surface area contributed by atoms with Gasteiger partial charge in [0.05, 0.1) is 12.5 Å². The van der Waals surface area contributed by atoms with Gasteiger partial charge in [0, 0.05) is 22.5 Å². The van der Waals surface area contributed by atoms with Crippen LogP contribution in [-0.4, -0.2) is 46.9 Å². The zero-order valence-corrected chi connectivity index (χ0v) is 11.2. The van der Waals surface area contributed by atoms with Crippen molar-refractivity contribution in [2.45, 2.75) is 0 Å². The maximum absolute atomic E-state index is 10.2. The third-order valence-electron chi connectivity index (χ3n) is 0.439. The van der Waals surface area contributed by atoms with Gasteiger partial charge in [-0.3, -0.25) is 8.42 Å². The van der Waals surface area contributed by atoms with Crippen molar-refractivity contribution in [3.05, 3.63) is 0 Å². The summed E-state index contributed by atoms with van der Waals surface area (Å²) in [5.41, 5.74) is 0. The zero-order chi connectivity index (χ0) is 13.6. The van der Waals surface area contributed by atoms with Crippen molar-refractivity contribution in [1.82, 2.24) is 8.25 Å². The molecule has 0 aliphatic carbocycles. The second kappa shape index (κ2) is 7.38. The summed E-state index contributed by atoms with van der Waals surface area (Å²) < 4.78 is 80.4. The third kappa shape index (κ3) is 23.7. The molecule has 0 aromatic carbocycles. The van der Waals surface area contributed by atoms with Gasteiger partial charge < -0.3 is 9.11 Å². The van der Waals surface area contributed by atoms with Crippen LogP contribution in [0.4, 0.5) is 0 Å². The van der Waals surface area contributed by atoms with Gasteiger partial charge >= 0.3 is 0 Å². The number of nitrogens with one attached hydrogen (secondary N) is 2. The summed E-state index contributed by atoms with van der Waals surface area (Å²) in [6.45, 7) is 0. The van der Waals surface area contributed by atoms with Crippen LogP contribution in [0.3, 0.4) is 0 Å². The van der Waals surface area contributed by atoms with Crippen LogP contribution < -0.4 is 8.25 Å². The van der Waals surface area contributed by atoms with E-state index in [0.717, 1.165) is 16.6 Å². The molecule has 0 spiro atoms. The summed E-state index contributed by atoms with van der Waals surface area (Å²) in [5.74, 6) is 0. The summed E-state index contributed by atoms with van der Waals surface area (Å²) in [4.78, 5) is 0. The van der Waals surface area contributed by atoms with Crippen molar-refractivity contribution in [2.24, 2.45) is 0 Å². The largest absolute Gasteiger partial charge is 0.759 e. The van der Waals surface area contributed by atoms with E-state index in [0.29, 0.717) is 0 Å². The average Bonchev–Trinajstić information content (AvgIpc) is 1.72. The summed E-state index contributed by atoms with van der Waals surface area (Å²) in [6, 6.07) is 0. The predicted octanol–water partition coefficient (Wildman–Crippen LogP) is -3.34. The molecule has 0 rings (SSSR count). The van der Waals surface area contributed by atoms with Crippen LogP contribution in [0.1, 0.15) is 0 Å². The standard InChI is InChI=1S/C2H7NO4S2.H3NO4S2/c1-8(4,5)3-9(2,6)7;2-6(3)1-7(4)5/h3H,1-2H3;1H,(H,2,3)(H,4,5)/p-2. The third-order valence-corrected chi connectivity index (χ3v) is 3.95. The van der Waals surface area contributed by atoms with Gasteiger partial charge in [0.25, 0.3) is 0 Å². The first-order chi connectivity index (χ1) is 6.83. The Morgan fingerprint density at radius 3 is 1.12 bits per heavy atom. The summed E-state index contributed by atoms with van der Waals surface area (Å²) in [6.07, 6.45) is 1.54. The van der Waals surface area contributed by atoms with Crippen molar-refractivity contribution in [3.63, 3.8) is 0 Å². The van der Waals surface area contributed by atoms with Gasteiger partial charge in [-0.15, -0.1) is 4.13 Å². The van der Waals surface area contributed by atoms with E-state index < -0.39 is 42.6 Å². The first kappa shape index (κ1) is 18.4. The fourth-order valence-electron chi connectivity index (χ4n) is 0.331. The van der Waals surface area contributed by atoms with Crippen molar-refractivity contribution < 1.29 is 34.4 Å². The lowest BCUT2D eigenvalue weighted by Crippen LogP contribution is -2.27. The Bertz CT molecular complexity index is 406. The molecule has 0 radical (unpaired) electrons. The topological polar surface area (TPSA) is 173 Å². The molecule has 0 fully saturated rings. The van der Waals surface area contributed by atoms with Crippen LogP contribution in [0.15, 0.2) is 0 Å². The lowest BCUT2D eigenvalue weighted by molar-refractivity contribution is 0.515. The molecule has 0 amide bonds. The molecular formula is C2H8N2O8S4-2. The fourth-order valence-corrected chi connectivity index (χ4v) is 2.97. The minimum absolute atomic E-state index is 0.772. The molecule has 2 unspecified atom stereocenters. The number of sulfonamides is 2. The van der Waals surface area contributed by atoms with E-state index in [-0.39, 0.29) is 0 Å². The van der Waals surface area contributed by atoms with Crippen molar-refractivity contribution in [3.8, 4) is 0 Å². The van der Waals surface area contributed by atoms with Crippen LogP contribution in [0, 0.1) is 0 Å². The highest BCUT2D eigenvalue weighted by Crippen LogP contribution is 1.78. The van der Waals surface area contributed by atoms with Gasteiger partial charge in [0.15, 0.2) is 0 Å². The second-order valence-corrected chi connectivity index (χ2v) is 7.54. The maximum atomic E-state index is 10.2. The van der Waals surface area contributed by atoms with Crippen LogP contribution in [0.2, 0.25) is 0 Å². The van der Waals surface area contributed by atoms with Gasteiger partial charge in [-0.25, -0.2) is 16.8 Å². The van der Waals surface area contributed by atoms with E-state index in [1.807, 2.05) is 0 Å². The molecular weight excluding hydrogens is 308 g/mol. The lowest BCUT2D eigenvalue weighted by Gasteiger charge is -2.07. The normalized spacial score (nSPS) is 15.8. The Labute approximate surface area is 97.8 Å². The molecule has 2 N–H and O–H groups in total. The Kier molecular flexibility index (Phi) is 8.49. The van der Waals surface area contributed by atoms with Gasteiger partial charge in [-0.1, -0.05) is 0 Å². The fraction of sp³-hybridized carbons (Fsp3) is 1.00. The first-order valence-corrected chi connectivity index (χ1v) is 8.90. The smallest absolute Gasteiger partial charge is 0.221 e. The average molecular weight is 316 g/mol. The van der Waals surface area contributed by atoms with Crippen LogP contribution in [0.5, 0.6) is 0 Å². The molecule has 0 aromatic heterocycles. The van der Waals surface area contributed by atoms with E-state index in [9.17, 15) is 34.4 Å². The van der Waals surface area contributed by atoms with Crippen LogP contribution in [-0.2, 0) is 42.6 Å². The molecule has 0 heterocycles. The Morgan fingerprint density at radius 1 is 0.875 bits per heavy atom. The predicted molar refractivity (Wildman–Crippen MR) is 53.8 cm³/mol. The van der Waals surface area contributed by atoms with Crippen LogP contribution >= 0.6 is 0 Å². The molecule has 2 atom stereocenters. The van der Waals surface area contributed by atoms with Crippen LogP contribution in [0.25, 0.3) is 0 Å². The highest BCUT2D eigenvalue weighted by molar-refractivity contribution is 8.04. The van der Waals surface area contributed by atoms with Gasteiger partial charge in [-0.05, 0) is 0 Å². The van der Waals surface area contributed by atoms with Gasteiger partial charge in [-0.2, -0.15) is 4.13 Å². The summed E-state index contributed by atoms with van der Waals surface area (Å²) in [5, 5.41) is 0. The molecule has 100 valence electrons. The molecule has 0 aromatic rings. The quantitative estimate of drug-likeness (QED) is 0.506. The van der Waals surface area contributed by atoms with Crippen molar-refractivity contribution >= 4 is 42.6 Å². The molecule has 0 saturated carbocycles. The van der Waals surface area contributed by atoms with E-state index in [1.165, 1.54) is 4.13 Å². The van der Waals surface area contributed by atoms with Gasteiger partial charge in [0.2, 0.25) is 20.0 Å². The maximum Gasteiger partial charge on any atom is 0.221 e. The molecule has 10 nitrogen and oxygen atoms in total. The Balaban J connectivity index is 0. The van der Waals surface area contributed by atoms with E-state index in [2.05, 4.69) is 0 Å². The van der Waals surface area contributed by atoms with Crippen molar-refractivity contribution in [2.75, 3.05) is 12.5 Å². The lowest BCUT2D eigenvalue weighted by atomic mass is 12.0. The summed E-state index contributed by atoms with van der Waals surface area (Å²) in [7, 11) is -7.24. The van der Waals surface area contributed by atoms with E-state index >= 15 is 0 Å². The SMILES string of the molecule is CS(=O)(=O)NS(C)(=O)=O.O=S([O-])NS(=O)[O-]. The highest BCUT2D eigenvalue weighted by atomic mass is 32.3. The monoisotopic (exact) mass is 316 g/mol. The molecule has 0 aliphatic heterocycles. The second-order valence-electron chi connectivity index (χ2n) is 2.18. The minimum Gasteiger partial charge on any atom is -0.759 e. The molecule has 0 aliphatic rings. The van der Waals surface area contributed by atoms with E-state index in [1.54, 1.807) is 0 Å². The summed E-state index contributed by atoms with van der Waals surface area (Å²) >= 11 is -5.42.